The number of aliphatic hydroxyl groups excluding tert-OH is 1. The first kappa shape index (κ1) is 16.8. The Morgan fingerprint density at radius 2 is 2.10 bits per heavy atom. The Kier molecular flexibility index (Phi) is 5.86. The highest BCUT2D eigenvalue weighted by Gasteiger charge is 2.26. The highest BCUT2D eigenvalue weighted by Crippen LogP contribution is 2.26. The summed E-state index contributed by atoms with van der Waals surface area (Å²) in [6, 6.07) is 2.38. The Balaban J connectivity index is 0.00000200. The Morgan fingerprint density at radius 3 is 2.60 bits per heavy atom. The number of halogens is 4. The zero-order chi connectivity index (χ0) is 14.0. The maximum atomic E-state index is 13.8. The van der Waals surface area contributed by atoms with E-state index in [2.05, 4.69) is 10.1 Å². The molecule has 8 heteroatoms. The van der Waals surface area contributed by atoms with Crippen LogP contribution in [0.1, 0.15) is 24.9 Å². The topological polar surface area (TPSA) is 50.9 Å². The van der Waals surface area contributed by atoms with Crippen molar-refractivity contribution in [2.75, 3.05) is 0 Å². The summed E-state index contributed by atoms with van der Waals surface area (Å²) in [5.74, 6) is -1.42. The standard InChI is InChI=1S/C12H12ClF2N3O.ClH/c1-2-10(19)11(18-6-16-12(13)17-18)8-4-3-7(14)5-9(8)15;/h3-6,10-11,19H,2H2,1H3;1H. The van der Waals surface area contributed by atoms with Crippen molar-refractivity contribution in [2.24, 2.45) is 0 Å². The van der Waals surface area contributed by atoms with Crippen molar-refractivity contribution in [1.82, 2.24) is 14.8 Å². The second-order valence-corrected chi connectivity index (χ2v) is 4.42. The van der Waals surface area contributed by atoms with E-state index < -0.39 is 23.8 Å². The molecule has 0 bridgehead atoms. The molecule has 0 aliphatic heterocycles. The minimum atomic E-state index is -0.891. The first-order valence-electron chi connectivity index (χ1n) is 5.72. The van der Waals surface area contributed by atoms with Gasteiger partial charge >= 0.3 is 0 Å². The monoisotopic (exact) mass is 323 g/mol. The zero-order valence-corrected chi connectivity index (χ0v) is 12.1. The molecule has 1 aromatic heterocycles. The van der Waals surface area contributed by atoms with Crippen molar-refractivity contribution in [1.29, 1.82) is 0 Å². The molecule has 2 aromatic rings. The van der Waals surface area contributed by atoms with Crippen LogP contribution in [0.4, 0.5) is 8.78 Å². The van der Waals surface area contributed by atoms with Gasteiger partial charge in [0.25, 0.3) is 0 Å². The fourth-order valence-corrected chi connectivity index (χ4v) is 2.01. The quantitative estimate of drug-likeness (QED) is 0.941. The number of rotatable bonds is 4. The summed E-state index contributed by atoms with van der Waals surface area (Å²) >= 11 is 5.63. The van der Waals surface area contributed by atoms with Crippen LogP contribution in [0, 0.1) is 11.6 Å². The van der Waals surface area contributed by atoms with Gasteiger partial charge in [-0.3, -0.25) is 0 Å². The first-order chi connectivity index (χ1) is 9.02. The third-order valence-electron chi connectivity index (χ3n) is 2.83. The minimum Gasteiger partial charge on any atom is -0.391 e. The summed E-state index contributed by atoms with van der Waals surface area (Å²) in [5, 5.41) is 13.9. The SMILES string of the molecule is CCC(O)C(c1ccc(F)cc1F)n1cnc(Cl)n1.Cl. The number of hydrogen-bond donors (Lipinski definition) is 1. The Morgan fingerprint density at radius 1 is 1.40 bits per heavy atom. The van der Waals surface area contributed by atoms with Crippen molar-refractivity contribution in [2.45, 2.75) is 25.5 Å². The number of aromatic nitrogens is 3. The molecule has 4 nitrogen and oxygen atoms in total. The number of aliphatic hydroxyl groups is 1. The molecule has 0 saturated carbocycles. The predicted octanol–water partition coefficient (Wildman–Crippen LogP) is 2.99. The van der Waals surface area contributed by atoms with Crippen molar-refractivity contribution in [3.05, 3.63) is 47.0 Å². The van der Waals surface area contributed by atoms with Gasteiger partial charge in [0.1, 0.15) is 24.0 Å². The van der Waals surface area contributed by atoms with Crippen molar-refractivity contribution >= 4 is 24.0 Å². The average molecular weight is 324 g/mol. The molecule has 1 heterocycles. The van der Waals surface area contributed by atoms with E-state index in [4.69, 9.17) is 11.6 Å². The summed E-state index contributed by atoms with van der Waals surface area (Å²) < 4.78 is 28.1. The summed E-state index contributed by atoms with van der Waals surface area (Å²) in [6.45, 7) is 1.75. The molecule has 0 aliphatic rings. The van der Waals surface area contributed by atoms with Crippen LogP contribution in [0.2, 0.25) is 5.28 Å². The van der Waals surface area contributed by atoms with Gasteiger partial charge in [-0.15, -0.1) is 17.5 Å². The van der Waals surface area contributed by atoms with E-state index in [0.29, 0.717) is 6.42 Å². The van der Waals surface area contributed by atoms with Gasteiger partial charge in [0.15, 0.2) is 0 Å². The van der Waals surface area contributed by atoms with Crippen LogP contribution in [-0.2, 0) is 0 Å². The smallest absolute Gasteiger partial charge is 0.242 e. The normalized spacial score (nSPS) is 13.7. The van der Waals surface area contributed by atoms with E-state index in [1.165, 1.54) is 17.1 Å². The average Bonchev–Trinajstić information content (AvgIpc) is 2.78. The fourth-order valence-electron chi connectivity index (χ4n) is 1.88. The summed E-state index contributed by atoms with van der Waals surface area (Å²) in [4.78, 5) is 3.74. The van der Waals surface area contributed by atoms with Gasteiger partial charge in [0.05, 0.1) is 6.10 Å². The highest BCUT2D eigenvalue weighted by atomic mass is 35.5. The Labute approximate surface area is 125 Å². The zero-order valence-electron chi connectivity index (χ0n) is 10.5. The van der Waals surface area contributed by atoms with Crippen LogP contribution in [0.15, 0.2) is 24.5 Å². The van der Waals surface area contributed by atoms with Crippen LogP contribution in [0.3, 0.4) is 0 Å². The van der Waals surface area contributed by atoms with Crippen molar-refractivity contribution in [3.63, 3.8) is 0 Å². The van der Waals surface area contributed by atoms with Crippen LogP contribution in [-0.4, -0.2) is 26.0 Å². The molecular formula is C12H13Cl2F2N3O. The lowest BCUT2D eigenvalue weighted by atomic mass is 9.99. The third kappa shape index (κ3) is 3.45. The molecule has 0 spiro atoms. The molecule has 2 rings (SSSR count). The van der Waals surface area contributed by atoms with Gasteiger partial charge in [0.2, 0.25) is 5.28 Å². The Hall–Kier alpha value is -1.24. The van der Waals surface area contributed by atoms with Crippen LogP contribution >= 0.6 is 24.0 Å². The number of benzene rings is 1. The van der Waals surface area contributed by atoms with Crippen LogP contribution in [0.25, 0.3) is 0 Å². The molecule has 20 heavy (non-hydrogen) atoms. The maximum Gasteiger partial charge on any atom is 0.242 e. The summed E-state index contributed by atoms with van der Waals surface area (Å²) in [5.41, 5.74) is 0.136. The summed E-state index contributed by atoms with van der Waals surface area (Å²) in [6.07, 6.45) is 0.783. The van der Waals surface area contributed by atoms with E-state index in [9.17, 15) is 13.9 Å². The molecule has 0 aliphatic carbocycles. The largest absolute Gasteiger partial charge is 0.391 e. The molecular weight excluding hydrogens is 311 g/mol. The van der Waals surface area contributed by atoms with Gasteiger partial charge in [-0.2, -0.15) is 0 Å². The number of hydrogen-bond acceptors (Lipinski definition) is 3. The molecule has 2 unspecified atom stereocenters. The van der Waals surface area contributed by atoms with E-state index in [1.54, 1.807) is 6.92 Å². The van der Waals surface area contributed by atoms with Gasteiger partial charge in [-0.25, -0.2) is 18.4 Å². The molecule has 110 valence electrons. The maximum absolute atomic E-state index is 13.8. The molecule has 0 amide bonds. The molecule has 1 aromatic carbocycles. The second kappa shape index (κ2) is 6.97. The van der Waals surface area contributed by atoms with Crippen molar-refractivity contribution in [3.8, 4) is 0 Å². The lowest BCUT2D eigenvalue weighted by Gasteiger charge is -2.22. The molecule has 1 N–H and O–H groups in total. The lowest BCUT2D eigenvalue weighted by molar-refractivity contribution is 0.118. The second-order valence-electron chi connectivity index (χ2n) is 4.08. The van der Waals surface area contributed by atoms with E-state index in [0.717, 1.165) is 12.1 Å². The van der Waals surface area contributed by atoms with E-state index in [1.807, 2.05) is 0 Å². The highest BCUT2D eigenvalue weighted by molar-refractivity contribution is 6.28. The van der Waals surface area contributed by atoms with E-state index >= 15 is 0 Å². The fraction of sp³-hybridized carbons (Fsp3) is 0.333. The molecule has 0 fully saturated rings. The lowest BCUT2D eigenvalue weighted by Crippen LogP contribution is -2.26. The van der Waals surface area contributed by atoms with Gasteiger partial charge < -0.3 is 5.11 Å². The predicted molar refractivity (Wildman–Crippen MR) is 73.1 cm³/mol. The van der Waals surface area contributed by atoms with Gasteiger partial charge in [-0.05, 0) is 24.1 Å². The van der Waals surface area contributed by atoms with Crippen LogP contribution < -0.4 is 0 Å². The third-order valence-corrected chi connectivity index (χ3v) is 3.00. The number of nitrogens with zero attached hydrogens (tertiary/aromatic N) is 3. The van der Waals surface area contributed by atoms with Crippen molar-refractivity contribution < 1.29 is 13.9 Å². The van der Waals surface area contributed by atoms with Gasteiger partial charge in [-0.1, -0.05) is 13.0 Å². The minimum absolute atomic E-state index is 0. The first-order valence-corrected chi connectivity index (χ1v) is 6.10. The molecule has 0 radical (unpaired) electrons. The van der Waals surface area contributed by atoms with Gasteiger partial charge in [0, 0.05) is 11.6 Å². The molecule has 0 saturated heterocycles. The van der Waals surface area contributed by atoms with Crippen LogP contribution in [0.5, 0.6) is 0 Å². The van der Waals surface area contributed by atoms with E-state index in [-0.39, 0.29) is 23.3 Å². The Bertz CT molecular complexity index is 580. The summed E-state index contributed by atoms with van der Waals surface area (Å²) in [7, 11) is 0. The molecule has 2 atom stereocenters.